The number of hydrogen-bond acceptors (Lipinski definition) is 3. The molecule has 0 saturated carbocycles. The minimum Gasteiger partial charge on any atom is -0.305 e. The van der Waals surface area contributed by atoms with Crippen LogP contribution in [0, 0.1) is 5.82 Å². The standard InChI is InChI=1S/C12H13FN2S/c1-9(10-3-2-4-11(13)5-10)14-6-12-7-16-8-15-12/h2-5,7-9,14H,6H2,1H3. The SMILES string of the molecule is CC(NCc1cscn1)c1cccc(F)c1. The summed E-state index contributed by atoms with van der Waals surface area (Å²) >= 11 is 1.58. The first kappa shape index (κ1) is 11.2. The average Bonchev–Trinajstić information content (AvgIpc) is 2.78. The Kier molecular flexibility index (Phi) is 3.64. The summed E-state index contributed by atoms with van der Waals surface area (Å²) in [6, 6.07) is 6.78. The number of thiazole rings is 1. The minimum atomic E-state index is -0.195. The van der Waals surface area contributed by atoms with Gasteiger partial charge in [-0.25, -0.2) is 9.37 Å². The predicted octanol–water partition coefficient (Wildman–Crippen LogP) is 3.13. The van der Waals surface area contributed by atoms with Gasteiger partial charge in [-0.3, -0.25) is 0 Å². The second kappa shape index (κ2) is 5.18. The first-order valence-electron chi connectivity index (χ1n) is 5.11. The van der Waals surface area contributed by atoms with Crippen molar-refractivity contribution in [2.75, 3.05) is 0 Å². The molecule has 1 atom stereocenters. The summed E-state index contributed by atoms with van der Waals surface area (Å²) in [5, 5.41) is 5.31. The monoisotopic (exact) mass is 236 g/mol. The number of hydrogen-bond donors (Lipinski definition) is 1. The van der Waals surface area contributed by atoms with Gasteiger partial charge < -0.3 is 5.32 Å². The molecule has 0 amide bonds. The highest BCUT2D eigenvalue weighted by molar-refractivity contribution is 7.07. The van der Waals surface area contributed by atoms with Gasteiger partial charge in [0, 0.05) is 18.0 Å². The van der Waals surface area contributed by atoms with E-state index in [-0.39, 0.29) is 11.9 Å². The molecule has 2 rings (SSSR count). The zero-order chi connectivity index (χ0) is 11.4. The molecule has 0 saturated heterocycles. The molecule has 0 fully saturated rings. The Labute approximate surface area is 98.2 Å². The van der Waals surface area contributed by atoms with Crippen LogP contribution in [-0.4, -0.2) is 4.98 Å². The fourth-order valence-corrected chi connectivity index (χ4v) is 2.03. The van der Waals surface area contributed by atoms with Crippen LogP contribution in [0.25, 0.3) is 0 Å². The van der Waals surface area contributed by atoms with Gasteiger partial charge in [-0.1, -0.05) is 12.1 Å². The van der Waals surface area contributed by atoms with Crippen LogP contribution in [0.5, 0.6) is 0 Å². The zero-order valence-corrected chi connectivity index (χ0v) is 9.80. The fourth-order valence-electron chi connectivity index (χ4n) is 1.48. The first-order valence-corrected chi connectivity index (χ1v) is 6.06. The lowest BCUT2D eigenvalue weighted by Gasteiger charge is -2.13. The molecule has 0 aliphatic carbocycles. The summed E-state index contributed by atoms with van der Waals surface area (Å²) in [4.78, 5) is 4.18. The van der Waals surface area contributed by atoms with Gasteiger partial charge in [0.05, 0.1) is 11.2 Å². The third kappa shape index (κ3) is 2.87. The lowest BCUT2D eigenvalue weighted by Crippen LogP contribution is -2.18. The van der Waals surface area contributed by atoms with Crippen LogP contribution in [0.1, 0.15) is 24.2 Å². The van der Waals surface area contributed by atoms with Crippen LogP contribution in [0.15, 0.2) is 35.2 Å². The molecule has 0 aliphatic heterocycles. The molecule has 2 nitrogen and oxygen atoms in total. The molecule has 1 heterocycles. The van der Waals surface area contributed by atoms with E-state index in [0.29, 0.717) is 6.54 Å². The van der Waals surface area contributed by atoms with Crippen molar-refractivity contribution in [2.45, 2.75) is 19.5 Å². The van der Waals surface area contributed by atoms with Gasteiger partial charge in [0.1, 0.15) is 5.82 Å². The number of rotatable bonds is 4. The lowest BCUT2D eigenvalue weighted by atomic mass is 10.1. The average molecular weight is 236 g/mol. The Morgan fingerprint density at radius 1 is 1.50 bits per heavy atom. The van der Waals surface area contributed by atoms with Gasteiger partial charge >= 0.3 is 0 Å². The molecule has 0 spiro atoms. The summed E-state index contributed by atoms with van der Waals surface area (Å²) < 4.78 is 13.0. The molecule has 16 heavy (non-hydrogen) atoms. The van der Waals surface area contributed by atoms with Crippen LogP contribution in [0.3, 0.4) is 0 Å². The number of benzene rings is 1. The Morgan fingerprint density at radius 2 is 2.38 bits per heavy atom. The van der Waals surface area contributed by atoms with E-state index in [2.05, 4.69) is 10.3 Å². The highest BCUT2D eigenvalue weighted by atomic mass is 32.1. The normalized spacial score (nSPS) is 12.6. The number of nitrogens with one attached hydrogen (secondary N) is 1. The van der Waals surface area contributed by atoms with Crippen molar-refractivity contribution in [3.05, 3.63) is 52.2 Å². The van der Waals surface area contributed by atoms with Crippen LogP contribution >= 0.6 is 11.3 Å². The predicted molar refractivity (Wildman–Crippen MR) is 63.8 cm³/mol. The number of aromatic nitrogens is 1. The summed E-state index contributed by atoms with van der Waals surface area (Å²) in [7, 11) is 0. The van der Waals surface area contributed by atoms with E-state index < -0.39 is 0 Å². The largest absolute Gasteiger partial charge is 0.305 e. The van der Waals surface area contributed by atoms with E-state index in [1.807, 2.05) is 23.9 Å². The molecule has 1 unspecified atom stereocenters. The van der Waals surface area contributed by atoms with Crippen molar-refractivity contribution in [1.29, 1.82) is 0 Å². The molecule has 0 bridgehead atoms. The topological polar surface area (TPSA) is 24.9 Å². The van der Waals surface area contributed by atoms with E-state index >= 15 is 0 Å². The van der Waals surface area contributed by atoms with E-state index in [1.165, 1.54) is 6.07 Å². The quantitative estimate of drug-likeness (QED) is 0.882. The molecular formula is C12H13FN2S. The van der Waals surface area contributed by atoms with Gasteiger partial charge in [0.2, 0.25) is 0 Å². The summed E-state index contributed by atoms with van der Waals surface area (Å²) in [5.74, 6) is -0.195. The lowest BCUT2D eigenvalue weighted by molar-refractivity contribution is 0.560. The van der Waals surface area contributed by atoms with Crippen molar-refractivity contribution >= 4 is 11.3 Å². The van der Waals surface area contributed by atoms with Gasteiger partial charge in [0.15, 0.2) is 0 Å². The third-order valence-electron chi connectivity index (χ3n) is 2.42. The van der Waals surface area contributed by atoms with Crippen molar-refractivity contribution in [3.8, 4) is 0 Å². The Hall–Kier alpha value is -1.26. The molecule has 84 valence electrons. The highest BCUT2D eigenvalue weighted by Crippen LogP contribution is 2.14. The fraction of sp³-hybridized carbons (Fsp3) is 0.250. The summed E-state index contributed by atoms with van der Waals surface area (Å²) in [6.45, 7) is 2.72. The summed E-state index contributed by atoms with van der Waals surface area (Å²) in [6.07, 6.45) is 0. The smallest absolute Gasteiger partial charge is 0.123 e. The molecular weight excluding hydrogens is 223 g/mol. The Morgan fingerprint density at radius 3 is 3.06 bits per heavy atom. The van der Waals surface area contributed by atoms with Crippen molar-refractivity contribution in [1.82, 2.24) is 10.3 Å². The second-order valence-corrected chi connectivity index (χ2v) is 4.36. The van der Waals surface area contributed by atoms with Crippen LogP contribution < -0.4 is 5.32 Å². The van der Waals surface area contributed by atoms with Crippen LogP contribution in [0.2, 0.25) is 0 Å². The Balaban J connectivity index is 1.95. The molecule has 1 aromatic heterocycles. The molecule has 0 aliphatic rings. The van der Waals surface area contributed by atoms with Gasteiger partial charge in [-0.15, -0.1) is 11.3 Å². The second-order valence-electron chi connectivity index (χ2n) is 3.64. The van der Waals surface area contributed by atoms with Crippen LogP contribution in [0.4, 0.5) is 4.39 Å². The maximum absolute atomic E-state index is 13.0. The van der Waals surface area contributed by atoms with E-state index in [4.69, 9.17) is 0 Å². The zero-order valence-electron chi connectivity index (χ0n) is 8.98. The van der Waals surface area contributed by atoms with Gasteiger partial charge in [0.25, 0.3) is 0 Å². The molecule has 1 aromatic carbocycles. The molecule has 2 aromatic rings. The van der Waals surface area contributed by atoms with Gasteiger partial charge in [-0.05, 0) is 24.6 Å². The molecule has 0 radical (unpaired) electrons. The Bertz CT molecular complexity index is 442. The maximum atomic E-state index is 13.0. The van der Waals surface area contributed by atoms with E-state index in [1.54, 1.807) is 23.5 Å². The summed E-state index contributed by atoms with van der Waals surface area (Å²) in [5.41, 5.74) is 3.78. The van der Waals surface area contributed by atoms with Crippen molar-refractivity contribution in [3.63, 3.8) is 0 Å². The number of halogens is 1. The van der Waals surface area contributed by atoms with Crippen molar-refractivity contribution in [2.24, 2.45) is 0 Å². The molecule has 4 heteroatoms. The van der Waals surface area contributed by atoms with Gasteiger partial charge in [-0.2, -0.15) is 0 Å². The number of nitrogens with zero attached hydrogens (tertiary/aromatic N) is 1. The molecule has 1 N–H and O–H groups in total. The van der Waals surface area contributed by atoms with E-state index in [9.17, 15) is 4.39 Å². The van der Waals surface area contributed by atoms with Crippen LogP contribution in [-0.2, 0) is 6.54 Å². The van der Waals surface area contributed by atoms with Crippen molar-refractivity contribution < 1.29 is 4.39 Å². The highest BCUT2D eigenvalue weighted by Gasteiger charge is 2.05. The van der Waals surface area contributed by atoms with E-state index in [0.717, 1.165) is 11.3 Å². The third-order valence-corrected chi connectivity index (χ3v) is 3.06. The minimum absolute atomic E-state index is 0.123. The first-order chi connectivity index (χ1) is 7.75. The maximum Gasteiger partial charge on any atom is 0.123 e.